The normalized spacial score (nSPS) is 20.6. The van der Waals surface area contributed by atoms with Crippen molar-refractivity contribution in [2.75, 3.05) is 19.6 Å². The largest absolute Gasteiger partial charge is 0.481 e. The monoisotopic (exact) mass is 316 g/mol. The summed E-state index contributed by atoms with van der Waals surface area (Å²) in [6.07, 6.45) is -0.565. The van der Waals surface area contributed by atoms with Gasteiger partial charge in [0.05, 0.1) is 0 Å². The fraction of sp³-hybridized carbons (Fsp3) is 0.500. The summed E-state index contributed by atoms with van der Waals surface area (Å²) >= 11 is 11.8. The van der Waals surface area contributed by atoms with Crippen molar-refractivity contribution in [3.63, 3.8) is 0 Å². The van der Waals surface area contributed by atoms with Crippen LogP contribution in [-0.2, 0) is 4.79 Å². The second kappa shape index (κ2) is 6.66. The molecule has 1 aliphatic heterocycles. The van der Waals surface area contributed by atoms with Crippen LogP contribution >= 0.6 is 23.2 Å². The fourth-order valence-electron chi connectivity index (χ4n) is 2.25. The van der Waals surface area contributed by atoms with Crippen molar-refractivity contribution in [1.82, 2.24) is 10.2 Å². The highest BCUT2D eigenvalue weighted by atomic mass is 35.5. The number of amides is 1. The van der Waals surface area contributed by atoms with Crippen molar-refractivity contribution < 1.29 is 9.53 Å². The number of carbonyl (C=O) groups is 1. The van der Waals surface area contributed by atoms with E-state index in [9.17, 15) is 4.79 Å². The van der Waals surface area contributed by atoms with Crippen LogP contribution in [0.3, 0.4) is 0 Å². The SMILES string of the molecule is CC(Oc1cc(Cl)cc(Cl)c1)C(=O)N1CCNCC1C. The number of carbonyl (C=O) groups excluding carboxylic acids is 1. The molecule has 0 aromatic heterocycles. The topological polar surface area (TPSA) is 41.6 Å². The Balaban J connectivity index is 2.03. The van der Waals surface area contributed by atoms with Crippen LogP contribution in [0.15, 0.2) is 18.2 Å². The molecule has 6 heteroatoms. The quantitative estimate of drug-likeness (QED) is 0.932. The molecule has 1 aromatic carbocycles. The molecule has 0 radical (unpaired) electrons. The van der Waals surface area contributed by atoms with E-state index < -0.39 is 6.10 Å². The Morgan fingerprint density at radius 3 is 2.65 bits per heavy atom. The highest BCUT2D eigenvalue weighted by Crippen LogP contribution is 2.25. The number of halogens is 2. The number of nitrogens with zero attached hydrogens (tertiary/aromatic N) is 1. The molecule has 1 fully saturated rings. The summed E-state index contributed by atoms with van der Waals surface area (Å²) in [6.45, 7) is 6.08. The summed E-state index contributed by atoms with van der Waals surface area (Å²) in [7, 11) is 0. The first-order chi connectivity index (χ1) is 9.47. The summed E-state index contributed by atoms with van der Waals surface area (Å²) < 4.78 is 5.66. The van der Waals surface area contributed by atoms with Gasteiger partial charge < -0.3 is 15.0 Å². The van der Waals surface area contributed by atoms with E-state index in [-0.39, 0.29) is 11.9 Å². The van der Waals surface area contributed by atoms with Crippen LogP contribution in [0.1, 0.15) is 13.8 Å². The summed E-state index contributed by atoms with van der Waals surface area (Å²) in [4.78, 5) is 14.2. The maximum Gasteiger partial charge on any atom is 0.263 e. The van der Waals surface area contributed by atoms with Crippen molar-refractivity contribution in [2.24, 2.45) is 0 Å². The van der Waals surface area contributed by atoms with E-state index >= 15 is 0 Å². The molecular weight excluding hydrogens is 299 g/mol. The van der Waals surface area contributed by atoms with Crippen LogP contribution in [0, 0.1) is 0 Å². The highest BCUT2D eigenvalue weighted by molar-refractivity contribution is 6.34. The molecule has 2 rings (SSSR count). The molecule has 1 amide bonds. The van der Waals surface area contributed by atoms with Gasteiger partial charge in [-0.15, -0.1) is 0 Å². The fourth-order valence-corrected chi connectivity index (χ4v) is 2.76. The zero-order valence-corrected chi connectivity index (χ0v) is 13.0. The predicted octanol–water partition coefficient (Wildman–Crippen LogP) is 2.58. The van der Waals surface area contributed by atoms with E-state index in [4.69, 9.17) is 27.9 Å². The lowest BCUT2D eigenvalue weighted by Crippen LogP contribution is -2.55. The molecule has 0 saturated carbocycles. The third-order valence-electron chi connectivity index (χ3n) is 3.28. The minimum atomic E-state index is -0.565. The Morgan fingerprint density at radius 2 is 2.05 bits per heavy atom. The van der Waals surface area contributed by atoms with Gasteiger partial charge in [-0.05, 0) is 32.0 Å². The molecule has 2 unspecified atom stereocenters. The maximum atomic E-state index is 12.4. The molecule has 2 atom stereocenters. The third kappa shape index (κ3) is 3.78. The highest BCUT2D eigenvalue weighted by Gasteiger charge is 2.27. The van der Waals surface area contributed by atoms with Crippen LogP contribution in [0.2, 0.25) is 10.0 Å². The van der Waals surface area contributed by atoms with Gasteiger partial charge in [0.1, 0.15) is 5.75 Å². The molecule has 0 aliphatic carbocycles. The molecule has 20 heavy (non-hydrogen) atoms. The molecular formula is C14H18Cl2N2O2. The van der Waals surface area contributed by atoms with Gasteiger partial charge >= 0.3 is 0 Å². The Morgan fingerprint density at radius 1 is 1.40 bits per heavy atom. The third-order valence-corrected chi connectivity index (χ3v) is 3.72. The maximum absolute atomic E-state index is 12.4. The zero-order valence-electron chi connectivity index (χ0n) is 11.5. The molecule has 1 saturated heterocycles. The van der Waals surface area contributed by atoms with E-state index in [0.717, 1.165) is 13.1 Å². The molecule has 0 spiro atoms. The minimum absolute atomic E-state index is 0.0184. The number of ether oxygens (including phenoxy) is 1. The van der Waals surface area contributed by atoms with Gasteiger partial charge in [0, 0.05) is 35.7 Å². The first-order valence-electron chi connectivity index (χ1n) is 6.61. The summed E-state index contributed by atoms with van der Waals surface area (Å²) in [6, 6.07) is 5.10. The van der Waals surface area contributed by atoms with Crippen LogP contribution in [0.5, 0.6) is 5.75 Å². The summed E-state index contributed by atoms with van der Waals surface area (Å²) in [5.41, 5.74) is 0. The van der Waals surface area contributed by atoms with Crippen LogP contribution in [0.4, 0.5) is 0 Å². The minimum Gasteiger partial charge on any atom is -0.481 e. The van der Waals surface area contributed by atoms with Gasteiger partial charge in [0.25, 0.3) is 5.91 Å². The van der Waals surface area contributed by atoms with E-state index in [1.165, 1.54) is 0 Å². The van der Waals surface area contributed by atoms with Gasteiger partial charge in [-0.2, -0.15) is 0 Å². The Labute approximate surface area is 129 Å². The second-order valence-corrected chi connectivity index (χ2v) is 5.82. The zero-order chi connectivity index (χ0) is 14.7. The Hall–Kier alpha value is -0.970. The van der Waals surface area contributed by atoms with Gasteiger partial charge in [-0.25, -0.2) is 0 Å². The summed E-state index contributed by atoms with van der Waals surface area (Å²) in [5.74, 6) is 0.487. The van der Waals surface area contributed by atoms with E-state index in [2.05, 4.69) is 5.32 Å². The molecule has 1 heterocycles. The van der Waals surface area contributed by atoms with Gasteiger partial charge in [-0.3, -0.25) is 4.79 Å². The van der Waals surface area contributed by atoms with Gasteiger partial charge in [0.2, 0.25) is 0 Å². The Kier molecular flexibility index (Phi) is 5.13. The lowest BCUT2D eigenvalue weighted by atomic mass is 10.2. The van der Waals surface area contributed by atoms with Crippen molar-refractivity contribution in [3.8, 4) is 5.75 Å². The van der Waals surface area contributed by atoms with Gasteiger partial charge in [0.15, 0.2) is 6.10 Å². The lowest BCUT2D eigenvalue weighted by molar-refractivity contribution is -0.140. The molecule has 4 nitrogen and oxygen atoms in total. The molecule has 110 valence electrons. The standard InChI is InChI=1S/C14H18Cl2N2O2/c1-9-8-17-3-4-18(9)14(19)10(2)20-13-6-11(15)5-12(16)7-13/h5-7,9-10,17H,3-4,8H2,1-2H3. The molecule has 0 bridgehead atoms. The van der Waals surface area contributed by atoms with Crippen LogP contribution in [-0.4, -0.2) is 42.6 Å². The molecule has 1 aliphatic rings. The van der Waals surface area contributed by atoms with Crippen LogP contribution < -0.4 is 10.1 Å². The average molecular weight is 317 g/mol. The van der Waals surface area contributed by atoms with Crippen LogP contribution in [0.25, 0.3) is 0 Å². The van der Waals surface area contributed by atoms with Crippen molar-refractivity contribution in [1.29, 1.82) is 0 Å². The van der Waals surface area contributed by atoms with E-state index in [1.807, 2.05) is 11.8 Å². The number of benzene rings is 1. The number of piperazine rings is 1. The Bertz CT molecular complexity index is 476. The van der Waals surface area contributed by atoms with E-state index in [0.29, 0.717) is 22.3 Å². The first-order valence-corrected chi connectivity index (χ1v) is 7.37. The number of rotatable bonds is 3. The number of hydrogen-bond acceptors (Lipinski definition) is 3. The number of hydrogen-bond donors (Lipinski definition) is 1. The van der Waals surface area contributed by atoms with Gasteiger partial charge in [-0.1, -0.05) is 23.2 Å². The van der Waals surface area contributed by atoms with Crippen molar-refractivity contribution in [3.05, 3.63) is 28.2 Å². The van der Waals surface area contributed by atoms with E-state index in [1.54, 1.807) is 25.1 Å². The summed E-state index contributed by atoms with van der Waals surface area (Å²) in [5, 5.41) is 4.23. The average Bonchev–Trinajstić information content (AvgIpc) is 2.37. The first kappa shape index (κ1) is 15.4. The molecule has 1 N–H and O–H groups in total. The van der Waals surface area contributed by atoms with Crippen molar-refractivity contribution >= 4 is 29.1 Å². The van der Waals surface area contributed by atoms with Crippen molar-refractivity contribution in [2.45, 2.75) is 26.0 Å². The molecule has 1 aromatic rings. The lowest BCUT2D eigenvalue weighted by Gasteiger charge is -2.35. The number of nitrogens with one attached hydrogen (secondary N) is 1. The smallest absolute Gasteiger partial charge is 0.263 e. The second-order valence-electron chi connectivity index (χ2n) is 4.95. The predicted molar refractivity (Wildman–Crippen MR) is 80.6 cm³/mol.